The third kappa shape index (κ3) is 1.54. The van der Waals surface area contributed by atoms with Crippen LogP contribution in [0.25, 0.3) is 0 Å². The highest BCUT2D eigenvalue weighted by Crippen LogP contribution is 2.44. The predicted molar refractivity (Wildman–Crippen MR) is 53.5 cm³/mol. The van der Waals surface area contributed by atoms with E-state index in [0.717, 1.165) is 22.9 Å². The quantitative estimate of drug-likeness (QED) is 0.794. The monoisotopic (exact) mass is 239 g/mol. The molecule has 2 fully saturated rings. The summed E-state index contributed by atoms with van der Waals surface area (Å²) in [5.41, 5.74) is 1.40. The fourth-order valence-corrected chi connectivity index (χ4v) is 2.37. The molecule has 2 nitrogen and oxygen atoms in total. The van der Waals surface area contributed by atoms with Gasteiger partial charge in [-0.05, 0) is 47.5 Å². The van der Waals surface area contributed by atoms with Gasteiger partial charge in [0.05, 0.1) is 10.2 Å². The Hall–Kier alpha value is -0.310. The van der Waals surface area contributed by atoms with Crippen molar-refractivity contribution in [1.29, 1.82) is 0 Å². The summed E-state index contributed by atoms with van der Waals surface area (Å²) in [7, 11) is 0. The Bertz CT molecular complexity index is 324. The minimum atomic E-state index is 0.770. The second kappa shape index (κ2) is 2.84. The summed E-state index contributed by atoms with van der Waals surface area (Å²) in [5.74, 6) is 1.67. The molecule has 3 heteroatoms. The van der Waals surface area contributed by atoms with Crippen LogP contribution in [0.3, 0.4) is 0 Å². The highest BCUT2D eigenvalue weighted by Gasteiger charge is 2.31. The smallest absolute Gasteiger partial charge is 0.128 e. The molecule has 2 saturated carbocycles. The van der Waals surface area contributed by atoms with Gasteiger partial charge in [-0.3, -0.25) is 4.68 Å². The molecule has 0 amide bonds. The van der Waals surface area contributed by atoms with Crippen LogP contribution < -0.4 is 0 Å². The topological polar surface area (TPSA) is 17.8 Å². The van der Waals surface area contributed by atoms with Gasteiger partial charge in [0.15, 0.2) is 0 Å². The molecule has 3 rings (SSSR count). The summed E-state index contributed by atoms with van der Waals surface area (Å²) in [6.45, 7) is 1.12. The van der Waals surface area contributed by atoms with Gasteiger partial charge in [0.25, 0.3) is 0 Å². The van der Waals surface area contributed by atoms with Crippen molar-refractivity contribution < 1.29 is 0 Å². The predicted octanol–water partition coefficient (Wildman–Crippen LogP) is 2.73. The van der Waals surface area contributed by atoms with Crippen LogP contribution in [-0.2, 0) is 6.54 Å². The summed E-state index contributed by atoms with van der Waals surface area (Å²) in [6, 6.07) is 0. The number of hydrogen-bond donors (Lipinski definition) is 0. The van der Waals surface area contributed by atoms with Gasteiger partial charge in [-0.1, -0.05) is 0 Å². The van der Waals surface area contributed by atoms with Crippen LogP contribution in [0.5, 0.6) is 0 Å². The Morgan fingerprint density at radius 2 is 2.15 bits per heavy atom. The molecule has 0 spiro atoms. The molecule has 1 aromatic heterocycles. The van der Waals surface area contributed by atoms with Gasteiger partial charge in [-0.2, -0.15) is 5.10 Å². The van der Waals surface area contributed by atoms with Crippen LogP contribution in [0.15, 0.2) is 4.47 Å². The molecule has 2 aliphatic carbocycles. The van der Waals surface area contributed by atoms with E-state index in [1.54, 1.807) is 0 Å². The van der Waals surface area contributed by atoms with E-state index in [9.17, 15) is 0 Å². The standard InChI is InChI=1S/C10H12BrN2/c11-9-5-12-13(6-7-1-2-7)10(9)8-3-4-8/h7-8H,1-4,6H2. The van der Waals surface area contributed by atoms with Gasteiger partial charge in [-0.15, -0.1) is 0 Å². The number of hydrogen-bond acceptors (Lipinski definition) is 1. The van der Waals surface area contributed by atoms with Crippen LogP contribution in [0.2, 0.25) is 0 Å². The van der Waals surface area contributed by atoms with E-state index >= 15 is 0 Å². The van der Waals surface area contributed by atoms with Crippen LogP contribution >= 0.6 is 15.9 Å². The largest absolute Gasteiger partial charge is 0.267 e. The Balaban J connectivity index is 1.88. The number of nitrogens with zero attached hydrogens (tertiary/aromatic N) is 2. The van der Waals surface area contributed by atoms with E-state index in [-0.39, 0.29) is 0 Å². The number of aromatic nitrogens is 2. The maximum absolute atomic E-state index is 4.30. The fraction of sp³-hybridized carbons (Fsp3) is 0.700. The van der Waals surface area contributed by atoms with Crippen LogP contribution in [-0.4, -0.2) is 9.78 Å². The maximum atomic E-state index is 4.30. The first-order chi connectivity index (χ1) is 6.34. The van der Waals surface area contributed by atoms with Crippen molar-refractivity contribution in [3.8, 4) is 0 Å². The fourth-order valence-electron chi connectivity index (χ4n) is 1.76. The molecule has 0 unspecified atom stereocenters. The van der Waals surface area contributed by atoms with E-state index in [2.05, 4.69) is 31.9 Å². The van der Waals surface area contributed by atoms with Crippen molar-refractivity contribution in [2.45, 2.75) is 38.1 Å². The van der Waals surface area contributed by atoms with Crippen molar-refractivity contribution in [2.24, 2.45) is 5.92 Å². The summed E-state index contributed by atoms with van der Waals surface area (Å²) in [5, 5.41) is 4.30. The molecule has 1 heterocycles. The lowest BCUT2D eigenvalue weighted by Gasteiger charge is -2.05. The third-order valence-corrected chi connectivity index (χ3v) is 3.45. The number of rotatable bonds is 3. The molecule has 0 aromatic carbocycles. The molecule has 0 atom stereocenters. The summed E-state index contributed by atoms with van der Waals surface area (Å²) in [4.78, 5) is 0. The molecule has 1 radical (unpaired) electrons. The van der Waals surface area contributed by atoms with Gasteiger partial charge in [0, 0.05) is 12.5 Å². The zero-order valence-electron chi connectivity index (χ0n) is 7.46. The van der Waals surface area contributed by atoms with Crippen molar-refractivity contribution in [1.82, 2.24) is 9.78 Å². The SMILES string of the molecule is Brc1[c]nn(CC2CC2)c1C1CC1. The molecule has 13 heavy (non-hydrogen) atoms. The van der Waals surface area contributed by atoms with Crippen molar-refractivity contribution in [2.75, 3.05) is 0 Å². The lowest BCUT2D eigenvalue weighted by Crippen LogP contribution is -2.05. The molecule has 0 saturated heterocycles. The Morgan fingerprint density at radius 3 is 2.77 bits per heavy atom. The van der Waals surface area contributed by atoms with Crippen molar-refractivity contribution in [3.63, 3.8) is 0 Å². The van der Waals surface area contributed by atoms with Gasteiger partial charge < -0.3 is 0 Å². The minimum Gasteiger partial charge on any atom is -0.267 e. The Morgan fingerprint density at radius 1 is 1.38 bits per heavy atom. The average Bonchev–Trinajstić information content (AvgIpc) is 2.95. The van der Waals surface area contributed by atoms with Crippen molar-refractivity contribution >= 4 is 15.9 Å². The normalized spacial score (nSPS) is 22.2. The van der Waals surface area contributed by atoms with Gasteiger partial charge in [-0.25, -0.2) is 0 Å². The Labute approximate surface area is 86.4 Å². The zero-order chi connectivity index (χ0) is 8.84. The van der Waals surface area contributed by atoms with Crippen molar-refractivity contribution in [3.05, 3.63) is 16.4 Å². The molecule has 0 bridgehead atoms. The van der Waals surface area contributed by atoms with Crippen LogP contribution in [0, 0.1) is 12.1 Å². The second-order valence-electron chi connectivity index (χ2n) is 4.21. The molecule has 2 aliphatic rings. The summed E-state index contributed by atoms with van der Waals surface area (Å²) >= 11 is 3.53. The minimum absolute atomic E-state index is 0.770. The molecule has 0 aliphatic heterocycles. The highest BCUT2D eigenvalue weighted by molar-refractivity contribution is 9.10. The second-order valence-corrected chi connectivity index (χ2v) is 5.00. The lowest BCUT2D eigenvalue weighted by atomic mass is 10.3. The van der Waals surface area contributed by atoms with E-state index in [1.807, 2.05) is 0 Å². The zero-order valence-corrected chi connectivity index (χ0v) is 9.05. The van der Waals surface area contributed by atoms with E-state index < -0.39 is 0 Å². The molecule has 69 valence electrons. The molecular formula is C10H12BrN2. The molecular weight excluding hydrogens is 228 g/mol. The first-order valence-electron chi connectivity index (χ1n) is 4.98. The van der Waals surface area contributed by atoms with Crippen LogP contribution in [0.1, 0.15) is 37.3 Å². The molecule has 0 N–H and O–H groups in total. The van der Waals surface area contributed by atoms with E-state index in [0.29, 0.717) is 0 Å². The molecule has 1 aromatic rings. The summed E-state index contributed by atoms with van der Waals surface area (Å²) in [6.07, 6.45) is 8.47. The first-order valence-corrected chi connectivity index (χ1v) is 5.78. The third-order valence-electron chi connectivity index (χ3n) is 2.86. The van der Waals surface area contributed by atoms with Gasteiger partial charge in [0.2, 0.25) is 0 Å². The van der Waals surface area contributed by atoms with Gasteiger partial charge >= 0.3 is 0 Å². The highest BCUT2D eigenvalue weighted by atomic mass is 79.9. The Kier molecular flexibility index (Phi) is 1.76. The average molecular weight is 240 g/mol. The van der Waals surface area contributed by atoms with Gasteiger partial charge in [0.1, 0.15) is 6.20 Å². The first kappa shape index (κ1) is 8.04. The van der Waals surface area contributed by atoms with Crippen LogP contribution in [0.4, 0.5) is 0 Å². The van der Waals surface area contributed by atoms with E-state index in [4.69, 9.17) is 0 Å². The maximum Gasteiger partial charge on any atom is 0.128 e. The number of halogens is 1. The lowest BCUT2D eigenvalue weighted by molar-refractivity contribution is 0.539. The van der Waals surface area contributed by atoms with E-state index in [1.165, 1.54) is 31.4 Å². The summed E-state index contributed by atoms with van der Waals surface area (Å²) < 4.78 is 3.26.